The monoisotopic (exact) mass is 392 g/mol. The molecule has 0 aliphatic carbocycles. The number of carbonyl (C=O) groups is 1. The minimum Gasteiger partial charge on any atom is -0.453 e. The topological polar surface area (TPSA) is 73.0 Å². The van der Waals surface area contributed by atoms with Gasteiger partial charge in [-0.05, 0) is 36.2 Å². The summed E-state index contributed by atoms with van der Waals surface area (Å²) >= 11 is 1.34. The first-order valence-electron chi connectivity index (χ1n) is 9.04. The minimum absolute atomic E-state index is 0.0810. The first-order valence-corrected chi connectivity index (χ1v) is 10.0. The molecule has 0 saturated heterocycles. The highest BCUT2D eigenvalue weighted by Gasteiger charge is 2.16. The molecule has 0 radical (unpaired) electrons. The Morgan fingerprint density at radius 2 is 1.93 bits per heavy atom. The normalized spacial score (nSPS) is 11.1. The fraction of sp³-hybridized carbons (Fsp3) is 0.190. The number of hydrogen-bond acceptors (Lipinski definition) is 5. The Labute approximate surface area is 167 Å². The second kappa shape index (κ2) is 7.90. The van der Waals surface area contributed by atoms with Gasteiger partial charge >= 0.3 is 0 Å². The summed E-state index contributed by atoms with van der Waals surface area (Å²) in [6.07, 6.45) is 0.976. The quantitative estimate of drug-likeness (QED) is 0.488. The van der Waals surface area contributed by atoms with Gasteiger partial charge in [-0.1, -0.05) is 49.0 Å². The third-order valence-electron chi connectivity index (χ3n) is 4.46. The Morgan fingerprint density at radius 3 is 2.68 bits per heavy atom. The molecule has 0 aliphatic heterocycles. The molecule has 0 unspecified atom stereocenters. The van der Waals surface area contributed by atoms with Crippen molar-refractivity contribution in [3.8, 4) is 11.6 Å². The number of nitrogens with one attached hydrogen (secondary N) is 1. The van der Waals surface area contributed by atoms with Crippen LogP contribution in [0.2, 0.25) is 0 Å². The van der Waals surface area contributed by atoms with Crippen LogP contribution in [-0.2, 0) is 18.3 Å². The lowest BCUT2D eigenvalue weighted by atomic mass is 10.1. The number of aryl methyl sites for hydroxylation is 1. The summed E-state index contributed by atoms with van der Waals surface area (Å²) in [7, 11) is 1.87. The average Bonchev–Trinajstić information content (AvgIpc) is 3.30. The van der Waals surface area contributed by atoms with E-state index in [4.69, 9.17) is 4.42 Å². The minimum atomic E-state index is -0.0810. The predicted octanol–water partition coefficient (Wildman–Crippen LogP) is 4.52. The van der Waals surface area contributed by atoms with Crippen molar-refractivity contribution in [2.75, 3.05) is 11.1 Å². The number of benzene rings is 2. The van der Waals surface area contributed by atoms with Crippen molar-refractivity contribution in [2.45, 2.75) is 18.5 Å². The molecule has 0 bridgehead atoms. The van der Waals surface area contributed by atoms with Crippen LogP contribution in [0, 0.1) is 0 Å². The molecular formula is C21H20N4O2S. The number of amides is 1. The molecule has 2 aromatic carbocycles. The number of rotatable bonds is 6. The van der Waals surface area contributed by atoms with Gasteiger partial charge in [-0.15, -0.1) is 10.2 Å². The molecular weight excluding hydrogens is 372 g/mol. The molecule has 0 atom stereocenters. The Hall–Kier alpha value is -3.06. The van der Waals surface area contributed by atoms with E-state index < -0.39 is 0 Å². The number of para-hydroxylation sites is 1. The third kappa shape index (κ3) is 3.80. The van der Waals surface area contributed by atoms with Crippen molar-refractivity contribution < 1.29 is 9.21 Å². The highest BCUT2D eigenvalue weighted by atomic mass is 32.2. The zero-order valence-electron chi connectivity index (χ0n) is 15.7. The molecule has 142 valence electrons. The average molecular weight is 392 g/mol. The van der Waals surface area contributed by atoms with Crippen LogP contribution >= 0.6 is 11.8 Å². The van der Waals surface area contributed by atoms with Crippen LogP contribution in [0.1, 0.15) is 12.5 Å². The van der Waals surface area contributed by atoms with Gasteiger partial charge in [0.2, 0.25) is 5.91 Å². The van der Waals surface area contributed by atoms with Crippen LogP contribution in [0.4, 0.5) is 5.69 Å². The summed E-state index contributed by atoms with van der Waals surface area (Å²) in [4.78, 5) is 12.2. The van der Waals surface area contributed by atoms with Gasteiger partial charge < -0.3 is 14.3 Å². The molecule has 1 N–H and O–H groups in total. The molecule has 4 aromatic rings. The van der Waals surface area contributed by atoms with E-state index in [2.05, 4.69) is 22.4 Å². The SMILES string of the molecule is CCc1ccc(NC(=O)CSc2nnc(-c3cc4ccccc4o3)n2C)cc1. The van der Waals surface area contributed by atoms with Crippen molar-refractivity contribution >= 4 is 34.3 Å². The van der Waals surface area contributed by atoms with Crippen molar-refractivity contribution in [1.82, 2.24) is 14.8 Å². The van der Waals surface area contributed by atoms with Gasteiger partial charge in [0.05, 0.1) is 5.75 Å². The molecule has 2 heterocycles. The summed E-state index contributed by atoms with van der Waals surface area (Å²) < 4.78 is 7.70. The van der Waals surface area contributed by atoms with Gasteiger partial charge in [-0.3, -0.25) is 4.79 Å². The highest BCUT2D eigenvalue weighted by molar-refractivity contribution is 7.99. The maximum Gasteiger partial charge on any atom is 0.234 e. The van der Waals surface area contributed by atoms with E-state index >= 15 is 0 Å². The smallest absolute Gasteiger partial charge is 0.234 e. The lowest BCUT2D eigenvalue weighted by Gasteiger charge is -2.06. The number of carbonyl (C=O) groups excluding carboxylic acids is 1. The largest absolute Gasteiger partial charge is 0.453 e. The fourth-order valence-electron chi connectivity index (χ4n) is 2.90. The standard InChI is InChI=1S/C21H20N4O2S/c1-3-14-8-10-16(11-9-14)22-19(26)13-28-21-24-23-20(25(21)2)18-12-15-6-4-5-7-17(15)27-18/h4-12H,3,13H2,1-2H3,(H,22,26). The number of fused-ring (bicyclic) bond motifs is 1. The van der Waals surface area contributed by atoms with E-state index in [1.165, 1.54) is 17.3 Å². The third-order valence-corrected chi connectivity index (χ3v) is 5.48. The van der Waals surface area contributed by atoms with Gasteiger partial charge in [0.25, 0.3) is 0 Å². The van der Waals surface area contributed by atoms with Gasteiger partial charge in [0.15, 0.2) is 16.7 Å². The van der Waals surface area contributed by atoms with Crippen molar-refractivity contribution in [3.63, 3.8) is 0 Å². The fourth-order valence-corrected chi connectivity index (χ4v) is 3.61. The summed E-state index contributed by atoms with van der Waals surface area (Å²) in [5.41, 5.74) is 2.84. The molecule has 0 fully saturated rings. The van der Waals surface area contributed by atoms with E-state index in [-0.39, 0.29) is 11.7 Å². The number of nitrogens with zero attached hydrogens (tertiary/aromatic N) is 3. The lowest BCUT2D eigenvalue weighted by molar-refractivity contribution is -0.113. The molecule has 0 aliphatic rings. The van der Waals surface area contributed by atoms with Crippen LogP contribution in [-0.4, -0.2) is 26.4 Å². The zero-order valence-corrected chi connectivity index (χ0v) is 16.5. The molecule has 7 heteroatoms. The van der Waals surface area contributed by atoms with Gasteiger partial charge in [0, 0.05) is 18.1 Å². The second-order valence-electron chi connectivity index (χ2n) is 6.40. The predicted molar refractivity (Wildman–Crippen MR) is 111 cm³/mol. The van der Waals surface area contributed by atoms with Crippen LogP contribution in [0.15, 0.2) is 64.2 Å². The number of thioether (sulfide) groups is 1. The summed E-state index contributed by atoms with van der Waals surface area (Å²) in [5.74, 6) is 1.46. The molecule has 28 heavy (non-hydrogen) atoms. The van der Waals surface area contributed by atoms with E-state index in [0.29, 0.717) is 16.7 Å². The Kier molecular flexibility index (Phi) is 5.16. The van der Waals surface area contributed by atoms with E-state index in [1.54, 1.807) is 0 Å². The zero-order chi connectivity index (χ0) is 19.5. The second-order valence-corrected chi connectivity index (χ2v) is 7.34. The maximum atomic E-state index is 12.2. The van der Waals surface area contributed by atoms with Crippen LogP contribution in [0.25, 0.3) is 22.6 Å². The Balaban J connectivity index is 1.42. The highest BCUT2D eigenvalue weighted by Crippen LogP contribution is 2.28. The summed E-state index contributed by atoms with van der Waals surface area (Å²) in [6, 6.07) is 17.6. The Bertz CT molecular complexity index is 1080. The number of aromatic nitrogens is 3. The van der Waals surface area contributed by atoms with E-state index in [1.807, 2.05) is 66.2 Å². The molecule has 6 nitrogen and oxygen atoms in total. The number of hydrogen-bond donors (Lipinski definition) is 1. The van der Waals surface area contributed by atoms with Gasteiger partial charge in [0.1, 0.15) is 5.58 Å². The Morgan fingerprint density at radius 1 is 1.14 bits per heavy atom. The van der Waals surface area contributed by atoms with E-state index in [9.17, 15) is 4.79 Å². The van der Waals surface area contributed by atoms with Crippen LogP contribution < -0.4 is 5.32 Å². The molecule has 1 amide bonds. The summed E-state index contributed by atoms with van der Waals surface area (Å²) in [5, 5.41) is 13.0. The first-order chi connectivity index (χ1) is 13.6. The molecule has 2 aromatic heterocycles. The lowest BCUT2D eigenvalue weighted by Crippen LogP contribution is -2.14. The first kappa shape index (κ1) is 18.3. The molecule has 0 saturated carbocycles. The van der Waals surface area contributed by atoms with Crippen molar-refractivity contribution in [1.29, 1.82) is 0 Å². The van der Waals surface area contributed by atoms with Crippen LogP contribution in [0.5, 0.6) is 0 Å². The number of anilines is 1. The van der Waals surface area contributed by atoms with Crippen molar-refractivity contribution in [3.05, 3.63) is 60.2 Å². The van der Waals surface area contributed by atoms with Gasteiger partial charge in [-0.2, -0.15) is 0 Å². The molecule has 0 spiro atoms. The summed E-state index contributed by atoms with van der Waals surface area (Å²) in [6.45, 7) is 2.10. The van der Waals surface area contributed by atoms with Gasteiger partial charge in [-0.25, -0.2) is 0 Å². The maximum absolute atomic E-state index is 12.2. The number of furan rings is 1. The molecule has 4 rings (SSSR count). The van der Waals surface area contributed by atoms with Crippen molar-refractivity contribution in [2.24, 2.45) is 7.05 Å². The van der Waals surface area contributed by atoms with E-state index in [0.717, 1.165) is 23.1 Å². The van der Waals surface area contributed by atoms with Crippen LogP contribution in [0.3, 0.4) is 0 Å².